The molecule has 1 aliphatic heterocycles. The highest BCUT2D eigenvalue weighted by Gasteiger charge is 2.25. The lowest BCUT2D eigenvalue weighted by atomic mass is 9.84. The number of nitrogens with one attached hydrogen (secondary N) is 1. The number of hydrogen-bond acceptors (Lipinski definition) is 8. The molecule has 1 saturated carbocycles. The van der Waals surface area contributed by atoms with Gasteiger partial charge in [0.15, 0.2) is 12.4 Å². The lowest BCUT2D eigenvalue weighted by Gasteiger charge is -2.31. The Morgan fingerprint density at radius 1 is 1.31 bits per heavy atom. The number of fused-ring (bicyclic) bond motifs is 1. The van der Waals surface area contributed by atoms with Gasteiger partial charge < -0.3 is 14.6 Å². The summed E-state index contributed by atoms with van der Waals surface area (Å²) in [5.41, 5.74) is 0.966. The summed E-state index contributed by atoms with van der Waals surface area (Å²) in [7, 11) is 0. The average molecular weight is 470 g/mol. The van der Waals surface area contributed by atoms with Crippen molar-refractivity contribution >= 4 is 17.2 Å². The van der Waals surface area contributed by atoms with Crippen molar-refractivity contribution < 1.29 is 22.8 Å². The quantitative estimate of drug-likeness (QED) is 0.603. The predicted octanol–water partition coefficient (Wildman–Crippen LogP) is 3.14. The van der Waals surface area contributed by atoms with Gasteiger partial charge in [0.25, 0.3) is 11.6 Å². The maximum atomic E-state index is 12.3. The Balaban J connectivity index is 1.14. The van der Waals surface area contributed by atoms with Crippen LogP contribution < -0.4 is 10.1 Å². The van der Waals surface area contributed by atoms with Gasteiger partial charge in [-0.1, -0.05) is 16.5 Å². The van der Waals surface area contributed by atoms with Gasteiger partial charge in [-0.05, 0) is 51.0 Å². The number of alkyl halides is 2. The van der Waals surface area contributed by atoms with Gasteiger partial charge in [0.1, 0.15) is 0 Å². The number of hydrogen-bond donors (Lipinski definition) is 1. The topological polar surface area (TPSA) is 93.4 Å². The predicted molar refractivity (Wildman–Crippen MR) is 114 cm³/mol. The molecule has 0 radical (unpaired) electrons. The number of ether oxygens (including phenoxy) is 1. The summed E-state index contributed by atoms with van der Waals surface area (Å²) >= 11 is 1.39. The molecule has 0 atom stereocenters. The van der Waals surface area contributed by atoms with Crippen molar-refractivity contribution in [2.75, 3.05) is 19.7 Å². The Hall–Kier alpha value is -2.14. The standard InChI is InChI=1S/C21H29F2N5O3S/c1-13-24-19(27-31-13)10-20(29)25-15-4-2-14(3-5-15)6-8-28-9-7-17-16(11-28)26-21(32-17)30-12-18(22)23/h14-15,18H,2-12H2,1H3,(H,25,29). The molecule has 0 saturated heterocycles. The van der Waals surface area contributed by atoms with Gasteiger partial charge in [-0.3, -0.25) is 9.69 Å². The molecule has 0 aromatic carbocycles. The Morgan fingerprint density at radius 2 is 2.12 bits per heavy atom. The van der Waals surface area contributed by atoms with Crippen LogP contribution in [0, 0.1) is 12.8 Å². The van der Waals surface area contributed by atoms with Gasteiger partial charge in [0.05, 0.1) is 12.1 Å². The van der Waals surface area contributed by atoms with E-state index in [2.05, 4.69) is 25.3 Å². The third-order valence-corrected chi connectivity index (χ3v) is 7.14. The zero-order valence-electron chi connectivity index (χ0n) is 18.2. The summed E-state index contributed by atoms with van der Waals surface area (Å²) in [6.45, 7) is 3.83. The zero-order valence-corrected chi connectivity index (χ0v) is 19.0. The Bertz CT molecular complexity index is 898. The molecular formula is C21H29F2N5O3S. The van der Waals surface area contributed by atoms with Crippen LogP contribution in [0.15, 0.2) is 4.52 Å². The second-order valence-corrected chi connectivity index (χ2v) is 9.60. The molecule has 176 valence electrons. The monoisotopic (exact) mass is 469 g/mol. The lowest BCUT2D eigenvalue weighted by molar-refractivity contribution is -0.121. The van der Waals surface area contributed by atoms with Gasteiger partial charge in [-0.15, -0.1) is 0 Å². The van der Waals surface area contributed by atoms with Gasteiger partial charge in [-0.2, -0.15) is 4.98 Å². The largest absolute Gasteiger partial charge is 0.464 e. The van der Waals surface area contributed by atoms with E-state index in [0.29, 0.717) is 22.8 Å². The maximum Gasteiger partial charge on any atom is 0.273 e. The van der Waals surface area contributed by atoms with E-state index < -0.39 is 13.0 Å². The van der Waals surface area contributed by atoms with Gasteiger partial charge >= 0.3 is 0 Å². The van der Waals surface area contributed by atoms with Crippen molar-refractivity contribution in [3.05, 3.63) is 22.3 Å². The fourth-order valence-corrected chi connectivity index (χ4v) is 5.33. The number of carbonyl (C=O) groups is 1. The molecular weight excluding hydrogens is 440 g/mol. The van der Waals surface area contributed by atoms with Crippen LogP contribution in [-0.4, -0.2) is 58.1 Å². The van der Waals surface area contributed by atoms with E-state index in [0.717, 1.165) is 68.7 Å². The molecule has 1 fully saturated rings. The molecule has 4 rings (SSSR count). The highest BCUT2D eigenvalue weighted by Crippen LogP contribution is 2.31. The summed E-state index contributed by atoms with van der Waals surface area (Å²) in [5, 5.41) is 7.22. The first kappa shape index (κ1) is 23.0. The molecule has 1 aliphatic carbocycles. The molecule has 2 aromatic rings. The van der Waals surface area contributed by atoms with Crippen molar-refractivity contribution in [2.45, 2.75) is 70.9 Å². The first-order valence-electron chi connectivity index (χ1n) is 11.1. The van der Waals surface area contributed by atoms with Gasteiger partial charge in [0, 0.05) is 30.9 Å². The van der Waals surface area contributed by atoms with E-state index >= 15 is 0 Å². The summed E-state index contributed by atoms with van der Waals surface area (Å²) in [6, 6.07) is 0.214. The number of aromatic nitrogens is 3. The van der Waals surface area contributed by atoms with Crippen molar-refractivity contribution in [2.24, 2.45) is 5.92 Å². The third kappa shape index (κ3) is 6.44. The molecule has 1 amide bonds. The number of carbonyl (C=O) groups excluding carboxylic acids is 1. The van der Waals surface area contributed by atoms with Gasteiger partial charge in [-0.25, -0.2) is 13.8 Å². The maximum absolute atomic E-state index is 12.3. The smallest absolute Gasteiger partial charge is 0.273 e. The van der Waals surface area contributed by atoms with Crippen molar-refractivity contribution in [1.82, 2.24) is 25.3 Å². The summed E-state index contributed by atoms with van der Waals surface area (Å²) in [5.74, 6) is 1.49. The SMILES string of the molecule is Cc1nc(CC(=O)NC2CCC(CCN3CCc4sc(OCC(F)F)nc4C3)CC2)no1. The second-order valence-electron chi connectivity index (χ2n) is 8.56. The van der Waals surface area contributed by atoms with Crippen LogP contribution in [0.2, 0.25) is 0 Å². The Labute approximate surface area is 189 Å². The van der Waals surface area contributed by atoms with Crippen LogP contribution in [0.3, 0.4) is 0 Å². The van der Waals surface area contributed by atoms with Crippen molar-refractivity contribution in [1.29, 1.82) is 0 Å². The average Bonchev–Trinajstić information content (AvgIpc) is 3.36. The molecule has 11 heteroatoms. The first-order chi connectivity index (χ1) is 15.4. The van der Waals surface area contributed by atoms with E-state index in [-0.39, 0.29) is 18.4 Å². The molecule has 2 aromatic heterocycles. The van der Waals surface area contributed by atoms with Crippen LogP contribution in [0.4, 0.5) is 8.78 Å². The van der Waals surface area contributed by atoms with Crippen LogP contribution >= 0.6 is 11.3 Å². The van der Waals surface area contributed by atoms with Crippen LogP contribution in [0.1, 0.15) is 54.4 Å². The summed E-state index contributed by atoms with van der Waals surface area (Å²) in [6.07, 6.45) is 3.87. The highest BCUT2D eigenvalue weighted by atomic mass is 32.1. The Morgan fingerprint density at radius 3 is 2.84 bits per heavy atom. The summed E-state index contributed by atoms with van der Waals surface area (Å²) in [4.78, 5) is 24.2. The number of nitrogens with zero attached hydrogens (tertiary/aromatic N) is 4. The molecule has 0 spiro atoms. The van der Waals surface area contributed by atoms with E-state index in [1.807, 2.05) is 0 Å². The summed E-state index contributed by atoms with van der Waals surface area (Å²) < 4.78 is 34.7. The minimum atomic E-state index is -2.48. The van der Waals surface area contributed by atoms with Crippen molar-refractivity contribution in [3.8, 4) is 5.19 Å². The molecule has 0 bridgehead atoms. The highest BCUT2D eigenvalue weighted by molar-refractivity contribution is 7.13. The lowest BCUT2D eigenvalue weighted by Crippen LogP contribution is -2.39. The molecule has 2 aliphatic rings. The fraction of sp³-hybridized carbons (Fsp3) is 0.714. The Kier molecular flexibility index (Phi) is 7.67. The molecule has 0 unspecified atom stereocenters. The van der Waals surface area contributed by atoms with Crippen LogP contribution in [0.5, 0.6) is 5.19 Å². The first-order valence-corrected chi connectivity index (χ1v) is 12.0. The normalized spacial score (nSPS) is 21.5. The van der Waals surface area contributed by atoms with E-state index in [1.54, 1.807) is 6.92 Å². The zero-order chi connectivity index (χ0) is 22.5. The minimum absolute atomic E-state index is 0.0569. The van der Waals surface area contributed by atoms with E-state index in [4.69, 9.17) is 9.26 Å². The molecule has 32 heavy (non-hydrogen) atoms. The van der Waals surface area contributed by atoms with Crippen molar-refractivity contribution in [3.63, 3.8) is 0 Å². The van der Waals surface area contributed by atoms with Gasteiger partial charge in [0.2, 0.25) is 11.8 Å². The number of rotatable bonds is 9. The molecule has 8 nitrogen and oxygen atoms in total. The van der Waals surface area contributed by atoms with Crippen LogP contribution in [-0.2, 0) is 24.2 Å². The number of halogens is 2. The van der Waals surface area contributed by atoms with E-state index in [9.17, 15) is 13.6 Å². The number of aryl methyl sites for hydroxylation is 1. The minimum Gasteiger partial charge on any atom is -0.464 e. The third-order valence-electron chi connectivity index (χ3n) is 6.07. The molecule has 3 heterocycles. The second kappa shape index (κ2) is 10.7. The fourth-order valence-electron chi connectivity index (χ4n) is 4.41. The number of thiazole rings is 1. The number of amides is 1. The molecule has 1 N–H and O–H groups in total. The van der Waals surface area contributed by atoms with E-state index in [1.165, 1.54) is 11.3 Å². The van der Waals surface area contributed by atoms with Crippen LogP contribution in [0.25, 0.3) is 0 Å².